The summed E-state index contributed by atoms with van der Waals surface area (Å²) >= 11 is 3.52. The summed E-state index contributed by atoms with van der Waals surface area (Å²) in [5, 5.41) is 3.56. The Morgan fingerprint density at radius 3 is 2.76 bits per heavy atom. The van der Waals surface area contributed by atoms with Crippen molar-refractivity contribution in [2.75, 3.05) is 31.5 Å². The lowest BCUT2D eigenvalue weighted by molar-refractivity contribution is 0.352. The van der Waals surface area contributed by atoms with Crippen molar-refractivity contribution in [1.82, 2.24) is 4.90 Å². The van der Waals surface area contributed by atoms with Crippen molar-refractivity contribution in [3.8, 4) is 0 Å². The zero-order chi connectivity index (χ0) is 12.1. The Morgan fingerprint density at radius 1 is 1.29 bits per heavy atom. The maximum atomic E-state index is 3.56. The van der Waals surface area contributed by atoms with Crippen LogP contribution in [0.3, 0.4) is 0 Å². The predicted octanol–water partition coefficient (Wildman–Crippen LogP) is 3.52. The minimum absolute atomic E-state index is 1.05. The summed E-state index contributed by atoms with van der Waals surface area (Å²) in [6, 6.07) is 6.49. The van der Waals surface area contributed by atoms with Gasteiger partial charge in [0.2, 0.25) is 0 Å². The Hall–Kier alpha value is -0.540. The maximum absolute atomic E-state index is 3.56. The topological polar surface area (TPSA) is 15.3 Å². The molecule has 2 rings (SSSR count). The third-order valence-corrected chi connectivity index (χ3v) is 3.88. The molecule has 1 aliphatic heterocycles. The van der Waals surface area contributed by atoms with Crippen LogP contribution < -0.4 is 5.32 Å². The van der Waals surface area contributed by atoms with Crippen molar-refractivity contribution in [1.29, 1.82) is 0 Å². The van der Waals surface area contributed by atoms with Gasteiger partial charge in [0.1, 0.15) is 0 Å². The van der Waals surface area contributed by atoms with Crippen molar-refractivity contribution in [2.24, 2.45) is 0 Å². The van der Waals surface area contributed by atoms with Crippen molar-refractivity contribution >= 4 is 21.6 Å². The molecule has 1 N–H and O–H groups in total. The largest absolute Gasteiger partial charge is 0.384 e. The van der Waals surface area contributed by atoms with E-state index in [4.69, 9.17) is 0 Å². The SMILES string of the molecule is CCc1cc(Br)ccc1NCCN1CCCC1. The molecule has 94 valence electrons. The Labute approximate surface area is 113 Å². The Balaban J connectivity index is 1.85. The summed E-state index contributed by atoms with van der Waals surface area (Å²) in [5.74, 6) is 0. The van der Waals surface area contributed by atoms with Gasteiger partial charge in [0, 0.05) is 23.2 Å². The second-order valence-corrected chi connectivity index (χ2v) is 5.55. The number of benzene rings is 1. The number of halogens is 1. The fourth-order valence-electron chi connectivity index (χ4n) is 2.38. The van der Waals surface area contributed by atoms with Crippen molar-refractivity contribution < 1.29 is 0 Å². The highest BCUT2D eigenvalue weighted by Gasteiger charge is 2.10. The number of rotatable bonds is 5. The molecule has 0 spiro atoms. The molecule has 1 heterocycles. The van der Waals surface area contributed by atoms with Gasteiger partial charge in [-0.25, -0.2) is 0 Å². The first-order valence-corrected chi connectivity index (χ1v) is 7.33. The number of nitrogens with one attached hydrogen (secondary N) is 1. The third-order valence-electron chi connectivity index (χ3n) is 3.39. The smallest absolute Gasteiger partial charge is 0.0373 e. The average Bonchev–Trinajstić information content (AvgIpc) is 2.84. The first kappa shape index (κ1) is 12.9. The molecule has 2 nitrogen and oxygen atoms in total. The number of hydrogen-bond donors (Lipinski definition) is 1. The Bertz CT molecular complexity index is 359. The normalized spacial score (nSPS) is 16.4. The quantitative estimate of drug-likeness (QED) is 0.894. The highest BCUT2D eigenvalue weighted by atomic mass is 79.9. The van der Waals surface area contributed by atoms with E-state index in [-0.39, 0.29) is 0 Å². The first-order chi connectivity index (χ1) is 8.29. The van der Waals surface area contributed by atoms with E-state index in [1.54, 1.807) is 0 Å². The van der Waals surface area contributed by atoms with E-state index in [1.165, 1.54) is 48.2 Å². The molecule has 1 aliphatic rings. The molecule has 0 amide bonds. The fraction of sp³-hybridized carbons (Fsp3) is 0.571. The van der Waals surface area contributed by atoms with Gasteiger partial charge in [-0.3, -0.25) is 0 Å². The molecule has 0 atom stereocenters. The number of aryl methyl sites for hydroxylation is 1. The lowest BCUT2D eigenvalue weighted by Crippen LogP contribution is -2.26. The molecule has 17 heavy (non-hydrogen) atoms. The van der Waals surface area contributed by atoms with Crippen LogP contribution in [0.1, 0.15) is 25.3 Å². The molecule has 1 aromatic carbocycles. The van der Waals surface area contributed by atoms with Gasteiger partial charge in [-0.1, -0.05) is 22.9 Å². The Kier molecular flexibility index (Phi) is 4.86. The van der Waals surface area contributed by atoms with Gasteiger partial charge in [0.05, 0.1) is 0 Å². The highest BCUT2D eigenvalue weighted by molar-refractivity contribution is 9.10. The molecule has 0 bridgehead atoms. The molecule has 3 heteroatoms. The summed E-state index contributed by atoms with van der Waals surface area (Å²) in [6.45, 7) is 6.98. The summed E-state index contributed by atoms with van der Waals surface area (Å²) in [5.41, 5.74) is 2.68. The van der Waals surface area contributed by atoms with Gasteiger partial charge < -0.3 is 10.2 Å². The maximum Gasteiger partial charge on any atom is 0.0373 e. The standard InChI is InChI=1S/C14H21BrN2/c1-2-12-11-13(15)5-6-14(12)16-7-10-17-8-3-4-9-17/h5-6,11,16H,2-4,7-10H2,1H3. The van der Waals surface area contributed by atoms with Crippen LogP contribution in [0.15, 0.2) is 22.7 Å². The lowest BCUT2D eigenvalue weighted by atomic mass is 10.1. The third kappa shape index (κ3) is 3.71. The van der Waals surface area contributed by atoms with Gasteiger partial charge in [0.15, 0.2) is 0 Å². The van der Waals surface area contributed by atoms with E-state index in [0.717, 1.165) is 13.0 Å². The van der Waals surface area contributed by atoms with Crippen molar-refractivity contribution in [2.45, 2.75) is 26.2 Å². The van der Waals surface area contributed by atoms with E-state index in [2.05, 4.69) is 51.3 Å². The van der Waals surface area contributed by atoms with E-state index in [9.17, 15) is 0 Å². The van der Waals surface area contributed by atoms with E-state index >= 15 is 0 Å². The molecule has 0 unspecified atom stereocenters. The van der Waals surface area contributed by atoms with E-state index in [1.807, 2.05) is 0 Å². The van der Waals surface area contributed by atoms with Crippen LogP contribution in [0, 0.1) is 0 Å². The van der Waals surface area contributed by atoms with E-state index in [0.29, 0.717) is 0 Å². The molecular formula is C14H21BrN2. The van der Waals surface area contributed by atoms with Crippen LogP contribution in [-0.2, 0) is 6.42 Å². The van der Waals surface area contributed by atoms with Crippen LogP contribution in [0.2, 0.25) is 0 Å². The minimum atomic E-state index is 1.05. The van der Waals surface area contributed by atoms with Gasteiger partial charge in [-0.05, 0) is 56.1 Å². The molecule has 0 aliphatic carbocycles. The molecule has 1 fully saturated rings. The van der Waals surface area contributed by atoms with Gasteiger partial charge in [-0.2, -0.15) is 0 Å². The molecule has 0 aromatic heterocycles. The summed E-state index contributed by atoms with van der Waals surface area (Å²) in [7, 11) is 0. The van der Waals surface area contributed by atoms with Gasteiger partial charge in [-0.15, -0.1) is 0 Å². The van der Waals surface area contributed by atoms with E-state index < -0.39 is 0 Å². The van der Waals surface area contributed by atoms with Crippen LogP contribution in [0.25, 0.3) is 0 Å². The monoisotopic (exact) mass is 296 g/mol. The fourth-order valence-corrected chi connectivity index (χ4v) is 2.79. The summed E-state index contributed by atoms with van der Waals surface area (Å²) < 4.78 is 1.17. The second-order valence-electron chi connectivity index (χ2n) is 4.63. The molecule has 1 aromatic rings. The zero-order valence-corrected chi connectivity index (χ0v) is 12.1. The number of hydrogen-bond acceptors (Lipinski definition) is 2. The minimum Gasteiger partial charge on any atom is -0.384 e. The first-order valence-electron chi connectivity index (χ1n) is 6.54. The summed E-state index contributed by atoms with van der Waals surface area (Å²) in [4.78, 5) is 2.54. The zero-order valence-electron chi connectivity index (χ0n) is 10.5. The highest BCUT2D eigenvalue weighted by Crippen LogP contribution is 2.21. The van der Waals surface area contributed by atoms with Crippen LogP contribution in [-0.4, -0.2) is 31.1 Å². The average molecular weight is 297 g/mol. The molecule has 0 saturated carbocycles. The number of anilines is 1. The molecular weight excluding hydrogens is 276 g/mol. The molecule has 1 saturated heterocycles. The lowest BCUT2D eigenvalue weighted by Gasteiger charge is -2.17. The number of likely N-dealkylation sites (tertiary alicyclic amines) is 1. The van der Waals surface area contributed by atoms with Crippen LogP contribution in [0.4, 0.5) is 5.69 Å². The van der Waals surface area contributed by atoms with Crippen molar-refractivity contribution in [3.63, 3.8) is 0 Å². The van der Waals surface area contributed by atoms with Gasteiger partial charge in [0.25, 0.3) is 0 Å². The molecule has 0 radical (unpaired) electrons. The number of nitrogens with zero attached hydrogens (tertiary/aromatic N) is 1. The van der Waals surface area contributed by atoms with Crippen molar-refractivity contribution in [3.05, 3.63) is 28.2 Å². The Morgan fingerprint density at radius 2 is 2.06 bits per heavy atom. The predicted molar refractivity (Wildman–Crippen MR) is 77.7 cm³/mol. The van der Waals surface area contributed by atoms with Crippen LogP contribution in [0.5, 0.6) is 0 Å². The second kappa shape index (κ2) is 6.41. The summed E-state index contributed by atoms with van der Waals surface area (Å²) in [6.07, 6.45) is 3.82. The van der Waals surface area contributed by atoms with Crippen LogP contribution >= 0.6 is 15.9 Å². The van der Waals surface area contributed by atoms with Gasteiger partial charge >= 0.3 is 0 Å².